The number of amides is 1. The van der Waals surface area contributed by atoms with Gasteiger partial charge in [-0.15, -0.1) is 0 Å². The van der Waals surface area contributed by atoms with E-state index in [1.807, 2.05) is 0 Å². The third kappa shape index (κ3) is 6.09. The van der Waals surface area contributed by atoms with Crippen LogP contribution in [0.25, 0.3) is 11.0 Å². The summed E-state index contributed by atoms with van der Waals surface area (Å²) in [5.41, 5.74) is 1.49. The molecule has 0 fully saturated rings. The molecule has 0 saturated heterocycles. The highest BCUT2D eigenvalue weighted by Crippen LogP contribution is 2.25. The van der Waals surface area contributed by atoms with E-state index in [1.165, 1.54) is 14.0 Å². The van der Waals surface area contributed by atoms with Gasteiger partial charge < -0.3 is 19.5 Å². The van der Waals surface area contributed by atoms with Gasteiger partial charge in [-0.3, -0.25) is 9.78 Å². The van der Waals surface area contributed by atoms with Gasteiger partial charge in [0, 0.05) is 31.6 Å². The Hall–Kier alpha value is -2.90. The van der Waals surface area contributed by atoms with Crippen LogP contribution in [0.15, 0.2) is 24.4 Å². The van der Waals surface area contributed by atoms with Crippen LogP contribution < -0.4 is 10.1 Å². The van der Waals surface area contributed by atoms with Crippen molar-refractivity contribution in [1.29, 1.82) is 0 Å². The van der Waals surface area contributed by atoms with Crippen molar-refractivity contribution < 1.29 is 23.8 Å². The molecule has 1 N–H and O–H groups in total. The zero-order chi connectivity index (χ0) is 20.0. The zero-order valence-electron chi connectivity index (χ0n) is 16.2. The number of hydrogen-bond acceptors (Lipinski definition) is 7. The van der Waals surface area contributed by atoms with Gasteiger partial charge in [0.05, 0.1) is 24.8 Å². The fourth-order valence-electron chi connectivity index (χ4n) is 2.47. The largest absolute Gasteiger partial charge is 0.481 e. The minimum Gasteiger partial charge on any atom is -0.481 e. The molecule has 8 heteroatoms. The van der Waals surface area contributed by atoms with Crippen LogP contribution in [0.3, 0.4) is 0 Å². The number of methoxy groups -OCH3 is 1. The fraction of sp³-hybridized carbons (Fsp3) is 0.474. The standard InChI is InChI=1S/C19H25N3O5/c1-12(23)26-11-13(10-21-18(24)27-19(2,3)4)14-8-9-20-15-6-7-16(25-5)22-17(14)15/h6-9,13H,10-11H2,1-5H3,(H,21,24). The van der Waals surface area contributed by atoms with Crippen molar-refractivity contribution in [3.8, 4) is 5.88 Å². The van der Waals surface area contributed by atoms with Crippen LogP contribution in [0.4, 0.5) is 4.79 Å². The Balaban J connectivity index is 2.29. The molecule has 0 saturated carbocycles. The highest BCUT2D eigenvalue weighted by molar-refractivity contribution is 5.79. The van der Waals surface area contributed by atoms with Crippen LogP contribution >= 0.6 is 0 Å². The second kappa shape index (κ2) is 8.66. The maximum absolute atomic E-state index is 12.0. The lowest BCUT2D eigenvalue weighted by molar-refractivity contribution is -0.141. The first-order valence-electron chi connectivity index (χ1n) is 8.59. The molecule has 0 aliphatic rings. The van der Waals surface area contributed by atoms with Gasteiger partial charge in [0.25, 0.3) is 0 Å². The van der Waals surface area contributed by atoms with Crippen LogP contribution in [-0.2, 0) is 14.3 Å². The van der Waals surface area contributed by atoms with Gasteiger partial charge in [-0.2, -0.15) is 0 Å². The number of nitrogens with one attached hydrogen (secondary N) is 1. The SMILES string of the molecule is COc1ccc2nccc(C(CNC(=O)OC(C)(C)C)COC(C)=O)c2n1. The maximum atomic E-state index is 12.0. The van der Waals surface area contributed by atoms with Crippen molar-refractivity contribution >= 4 is 23.1 Å². The highest BCUT2D eigenvalue weighted by Gasteiger charge is 2.21. The van der Waals surface area contributed by atoms with E-state index in [0.29, 0.717) is 16.9 Å². The molecule has 2 aromatic rings. The molecule has 1 unspecified atom stereocenters. The Morgan fingerprint density at radius 3 is 2.59 bits per heavy atom. The second-order valence-electron chi connectivity index (χ2n) is 7.00. The van der Waals surface area contributed by atoms with Crippen molar-refractivity contribution in [3.05, 3.63) is 30.0 Å². The molecule has 0 aliphatic heterocycles. The molecule has 0 aromatic carbocycles. The van der Waals surface area contributed by atoms with E-state index in [9.17, 15) is 9.59 Å². The second-order valence-corrected chi connectivity index (χ2v) is 7.00. The third-order valence-electron chi connectivity index (χ3n) is 3.62. The molecule has 146 valence electrons. The summed E-state index contributed by atoms with van der Waals surface area (Å²) < 4.78 is 15.6. The van der Waals surface area contributed by atoms with E-state index in [2.05, 4.69) is 15.3 Å². The number of pyridine rings is 2. The quantitative estimate of drug-likeness (QED) is 0.775. The Morgan fingerprint density at radius 2 is 1.96 bits per heavy atom. The summed E-state index contributed by atoms with van der Waals surface area (Å²) in [4.78, 5) is 32.1. The van der Waals surface area contributed by atoms with E-state index >= 15 is 0 Å². The molecule has 2 heterocycles. The zero-order valence-corrected chi connectivity index (χ0v) is 16.2. The molecule has 2 rings (SSSR count). The number of hydrogen-bond donors (Lipinski definition) is 1. The van der Waals surface area contributed by atoms with Crippen LogP contribution in [0.5, 0.6) is 5.88 Å². The number of ether oxygens (including phenoxy) is 3. The van der Waals surface area contributed by atoms with Crippen molar-refractivity contribution in [1.82, 2.24) is 15.3 Å². The summed E-state index contributed by atoms with van der Waals surface area (Å²) in [6.45, 7) is 6.99. The number of alkyl carbamates (subject to hydrolysis) is 1. The maximum Gasteiger partial charge on any atom is 0.407 e. The van der Waals surface area contributed by atoms with E-state index in [-0.39, 0.29) is 19.1 Å². The van der Waals surface area contributed by atoms with E-state index in [4.69, 9.17) is 14.2 Å². The Bertz CT molecular complexity index is 817. The average molecular weight is 375 g/mol. The number of carbonyl (C=O) groups excluding carboxylic acids is 2. The number of rotatable bonds is 6. The molecule has 27 heavy (non-hydrogen) atoms. The summed E-state index contributed by atoms with van der Waals surface area (Å²) in [5.74, 6) is -0.282. The molecule has 0 spiro atoms. The van der Waals surface area contributed by atoms with E-state index < -0.39 is 17.7 Å². The van der Waals surface area contributed by atoms with Gasteiger partial charge in [0.1, 0.15) is 5.60 Å². The fourth-order valence-corrected chi connectivity index (χ4v) is 2.47. The van der Waals surface area contributed by atoms with Crippen molar-refractivity contribution in [2.45, 2.75) is 39.2 Å². The first kappa shape index (κ1) is 20.4. The van der Waals surface area contributed by atoms with E-state index in [0.717, 1.165) is 5.56 Å². The minimum atomic E-state index is -0.603. The lowest BCUT2D eigenvalue weighted by atomic mass is 9.99. The van der Waals surface area contributed by atoms with Crippen molar-refractivity contribution in [3.63, 3.8) is 0 Å². The molecular weight excluding hydrogens is 350 g/mol. The lowest BCUT2D eigenvalue weighted by Gasteiger charge is -2.22. The Kier molecular flexibility index (Phi) is 6.55. The van der Waals surface area contributed by atoms with Gasteiger partial charge in [0.15, 0.2) is 0 Å². The molecule has 0 aliphatic carbocycles. The Labute approximate surface area is 158 Å². The molecule has 0 radical (unpaired) electrons. The third-order valence-corrected chi connectivity index (χ3v) is 3.62. The summed E-state index contributed by atoms with van der Waals surface area (Å²) in [6, 6.07) is 5.31. The lowest BCUT2D eigenvalue weighted by Crippen LogP contribution is -2.35. The van der Waals surface area contributed by atoms with Gasteiger partial charge in [-0.1, -0.05) is 0 Å². The van der Waals surface area contributed by atoms with Gasteiger partial charge in [-0.05, 0) is 38.5 Å². The van der Waals surface area contributed by atoms with Crippen molar-refractivity contribution in [2.24, 2.45) is 0 Å². The molecule has 8 nitrogen and oxygen atoms in total. The first-order chi connectivity index (χ1) is 12.7. The summed E-state index contributed by atoms with van der Waals surface area (Å²) in [5, 5.41) is 2.72. The highest BCUT2D eigenvalue weighted by atomic mass is 16.6. The monoisotopic (exact) mass is 375 g/mol. The number of aromatic nitrogens is 2. The topological polar surface area (TPSA) is 99.6 Å². The normalized spacial score (nSPS) is 12.3. The van der Waals surface area contributed by atoms with Gasteiger partial charge in [0.2, 0.25) is 5.88 Å². The van der Waals surface area contributed by atoms with Gasteiger partial charge >= 0.3 is 12.1 Å². The van der Waals surface area contributed by atoms with Crippen LogP contribution in [-0.4, -0.2) is 47.9 Å². The first-order valence-corrected chi connectivity index (χ1v) is 8.59. The smallest absolute Gasteiger partial charge is 0.407 e. The molecule has 1 atom stereocenters. The van der Waals surface area contributed by atoms with Gasteiger partial charge in [-0.25, -0.2) is 9.78 Å². The summed E-state index contributed by atoms with van der Waals surface area (Å²) in [6.07, 6.45) is 1.11. The predicted octanol–water partition coefficient (Wildman–Crippen LogP) is 2.81. The number of esters is 1. The van der Waals surface area contributed by atoms with E-state index in [1.54, 1.807) is 45.2 Å². The molecule has 1 amide bonds. The number of nitrogens with zero attached hydrogens (tertiary/aromatic N) is 2. The average Bonchev–Trinajstić information content (AvgIpc) is 2.59. The number of carbonyl (C=O) groups is 2. The number of fused-ring (bicyclic) bond motifs is 1. The van der Waals surface area contributed by atoms with Crippen LogP contribution in [0.1, 0.15) is 39.2 Å². The van der Waals surface area contributed by atoms with Crippen LogP contribution in [0.2, 0.25) is 0 Å². The van der Waals surface area contributed by atoms with Crippen LogP contribution in [0, 0.1) is 0 Å². The summed E-state index contributed by atoms with van der Waals surface area (Å²) >= 11 is 0. The minimum absolute atomic E-state index is 0.0864. The summed E-state index contributed by atoms with van der Waals surface area (Å²) in [7, 11) is 1.53. The van der Waals surface area contributed by atoms with Crippen molar-refractivity contribution in [2.75, 3.05) is 20.3 Å². The predicted molar refractivity (Wildman–Crippen MR) is 99.7 cm³/mol. The molecule has 2 aromatic heterocycles. The Morgan fingerprint density at radius 1 is 1.22 bits per heavy atom. The molecule has 0 bridgehead atoms. The molecular formula is C19H25N3O5.